The van der Waals surface area contributed by atoms with Crippen LogP contribution >= 0.6 is 11.3 Å². The number of nitrogens with zero attached hydrogens (tertiary/aromatic N) is 5. The van der Waals surface area contributed by atoms with E-state index in [9.17, 15) is 4.79 Å². The van der Waals surface area contributed by atoms with Gasteiger partial charge in [-0.15, -0.1) is 11.3 Å². The summed E-state index contributed by atoms with van der Waals surface area (Å²) in [7, 11) is 1.58. The van der Waals surface area contributed by atoms with Crippen molar-refractivity contribution in [1.82, 2.24) is 24.5 Å². The number of aromatic nitrogens is 5. The number of hydrogen-bond acceptors (Lipinski definition) is 9. The van der Waals surface area contributed by atoms with Gasteiger partial charge < -0.3 is 15.8 Å². The number of benzene rings is 1. The molecule has 4 aromatic rings. The molecule has 0 unspecified atom stereocenters. The molecular weight excluding hydrogens is 390 g/mol. The topological polar surface area (TPSA) is 121 Å². The van der Waals surface area contributed by atoms with Crippen molar-refractivity contribution in [3.63, 3.8) is 0 Å². The number of hydrogen-bond donors (Lipinski definition) is 2. The van der Waals surface area contributed by atoms with Crippen molar-refractivity contribution < 1.29 is 4.74 Å². The van der Waals surface area contributed by atoms with E-state index in [1.807, 2.05) is 38.1 Å². The number of fused-ring (bicyclic) bond motifs is 1. The van der Waals surface area contributed by atoms with Crippen molar-refractivity contribution in [3.8, 4) is 5.75 Å². The van der Waals surface area contributed by atoms with Crippen LogP contribution in [-0.2, 0) is 6.54 Å². The van der Waals surface area contributed by atoms with E-state index in [0.29, 0.717) is 22.6 Å². The van der Waals surface area contributed by atoms with Crippen LogP contribution in [0.5, 0.6) is 5.75 Å². The van der Waals surface area contributed by atoms with E-state index in [0.717, 1.165) is 15.3 Å². The monoisotopic (exact) mass is 409 g/mol. The zero-order valence-electron chi connectivity index (χ0n) is 16.1. The van der Waals surface area contributed by atoms with E-state index in [1.165, 1.54) is 22.2 Å². The number of rotatable bonds is 5. The molecule has 0 fully saturated rings. The fraction of sp³-hybridized carbons (Fsp3) is 0.211. The standard InChI is InChI=1S/C19H19N7O2S/c1-10-11(2)29-16-15(10)17(27)26(9-21-16)8-14-23-18(20)25-19(24-14)22-12-6-4-5-7-13(12)28-3/h4-7,9H,8H2,1-3H3,(H3,20,22,23,24,25). The first-order chi connectivity index (χ1) is 14.0. The van der Waals surface area contributed by atoms with Gasteiger partial charge >= 0.3 is 0 Å². The number of nitrogens with one attached hydrogen (secondary N) is 1. The maximum absolute atomic E-state index is 12.9. The van der Waals surface area contributed by atoms with Gasteiger partial charge in [0.1, 0.15) is 10.6 Å². The lowest BCUT2D eigenvalue weighted by Crippen LogP contribution is -2.22. The van der Waals surface area contributed by atoms with E-state index in [-0.39, 0.29) is 24.0 Å². The van der Waals surface area contributed by atoms with Crippen LogP contribution in [0.25, 0.3) is 10.2 Å². The maximum Gasteiger partial charge on any atom is 0.262 e. The van der Waals surface area contributed by atoms with Crippen molar-refractivity contribution in [1.29, 1.82) is 0 Å². The average molecular weight is 409 g/mol. The molecule has 0 saturated carbocycles. The molecule has 3 heterocycles. The number of nitrogen functional groups attached to an aromatic ring is 1. The molecule has 0 aliphatic heterocycles. The summed E-state index contributed by atoms with van der Waals surface area (Å²) in [6.45, 7) is 4.04. The van der Waals surface area contributed by atoms with Gasteiger partial charge in [0.15, 0.2) is 5.82 Å². The summed E-state index contributed by atoms with van der Waals surface area (Å²) in [6.07, 6.45) is 1.51. The molecule has 0 bridgehead atoms. The quantitative estimate of drug-likeness (QED) is 0.516. The molecule has 0 aliphatic rings. The number of ether oxygens (including phenoxy) is 1. The lowest BCUT2D eigenvalue weighted by atomic mass is 10.2. The van der Waals surface area contributed by atoms with Gasteiger partial charge in [0.2, 0.25) is 11.9 Å². The first-order valence-electron chi connectivity index (χ1n) is 8.82. The summed E-state index contributed by atoms with van der Waals surface area (Å²) in [6, 6.07) is 7.38. The lowest BCUT2D eigenvalue weighted by Gasteiger charge is -2.11. The van der Waals surface area contributed by atoms with E-state index in [1.54, 1.807) is 7.11 Å². The van der Waals surface area contributed by atoms with Crippen LogP contribution in [0.1, 0.15) is 16.3 Å². The summed E-state index contributed by atoms with van der Waals surface area (Å²) in [5, 5.41) is 3.71. The summed E-state index contributed by atoms with van der Waals surface area (Å²) in [4.78, 5) is 31.8. The van der Waals surface area contributed by atoms with Crippen LogP contribution < -0.4 is 21.3 Å². The van der Waals surface area contributed by atoms with Gasteiger partial charge in [0.05, 0.1) is 31.1 Å². The Kier molecular flexibility index (Phi) is 4.85. The molecule has 3 N–H and O–H groups in total. The molecule has 3 aromatic heterocycles. The molecule has 4 rings (SSSR count). The van der Waals surface area contributed by atoms with Crippen LogP contribution in [0.3, 0.4) is 0 Å². The van der Waals surface area contributed by atoms with Gasteiger partial charge in [0, 0.05) is 4.88 Å². The van der Waals surface area contributed by atoms with Crippen molar-refractivity contribution >= 4 is 39.1 Å². The second-order valence-corrected chi connectivity index (χ2v) is 7.60. The third-order valence-electron chi connectivity index (χ3n) is 4.52. The summed E-state index contributed by atoms with van der Waals surface area (Å²) >= 11 is 1.51. The van der Waals surface area contributed by atoms with Gasteiger partial charge in [-0.2, -0.15) is 15.0 Å². The smallest absolute Gasteiger partial charge is 0.262 e. The Labute approximate surface area is 170 Å². The minimum atomic E-state index is -0.130. The Morgan fingerprint density at radius 3 is 2.79 bits per heavy atom. The number of methoxy groups -OCH3 is 1. The predicted molar refractivity (Wildman–Crippen MR) is 113 cm³/mol. The average Bonchev–Trinajstić information content (AvgIpc) is 2.98. The molecule has 1 aromatic carbocycles. The Bertz CT molecular complexity index is 1270. The predicted octanol–water partition coefficient (Wildman–Crippen LogP) is 2.64. The second-order valence-electron chi connectivity index (χ2n) is 6.40. The van der Waals surface area contributed by atoms with Gasteiger partial charge in [0.25, 0.3) is 5.56 Å². The second kappa shape index (κ2) is 7.47. The highest BCUT2D eigenvalue weighted by Gasteiger charge is 2.14. The van der Waals surface area contributed by atoms with Crippen LogP contribution in [0.4, 0.5) is 17.6 Å². The summed E-state index contributed by atoms with van der Waals surface area (Å²) in [5.41, 5.74) is 7.37. The number of thiophene rings is 1. The highest BCUT2D eigenvalue weighted by molar-refractivity contribution is 7.18. The number of para-hydroxylation sites is 2. The largest absolute Gasteiger partial charge is 0.495 e. The fourth-order valence-corrected chi connectivity index (χ4v) is 3.96. The number of nitrogens with two attached hydrogens (primary N) is 1. The minimum absolute atomic E-state index is 0.0528. The highest BCUT2D eigenvalue weighted by Crippen LogP contribution is 2.26. The van der Waals surface area contributed by atoms with Gasteiger partial charge in [-0.05, 0) is 31.5 Å². The number of aryl methyl sites for hydroxylation is 2. The van der Waals surface area contributed by atoms with Crippen LogP contribution in [-0.4, -0.2) is 31.6 Å². The Morgan fingerprint density at radius 2 is 2.00 bits per heavy atom. The molecule has 29 heavy (non-hydrogen) atoms. The van der Waals surface area contributed by atoms with Crippen LogP contribution in [0.2, 0.25) is 0 Å². The van der Waals surface area contributed by atoms with E-state index in [4.69, 9.17) is 10.5 Å². The molecule has 0 saturated heterocycles. The SMILES string of the molecule is COc1ccccc1Nc1nc(N)nc(Cn2cnc3sc(C)c(C)c3c2=O)n1. The van der Waals surface area contributed by atoms with Crippen molar-refractivity contribution in [2.24, 2.45) is 0 Å². The minimum Gasteiger partial charge on any atom is -0.495 e. The molecule has 0 atom stereocenters. The Morgan fingerprint density at radius 1 is 1.21 bits per heavy atom. The summed E-state index contributed by atoms with van der Waals surface area (Å²) in [5.74, 6) is 1.31. The van der Waals surface area contributed by atoms with Gasteiger partial charge in [-0.1, -0.05) is 12.1 Å². The Hall–Kier alpha value is -3.53. The first-order valence-corrected chi connectivity index (χ1v) is 9.63. The van der Waals surface area contributed by atoms with Gasteiger partial charge in [-0.25, -0.2) is 4.98 Å². The summed E-state index contributed by atoms with van der Waals surface area (Å²) < 4.78 is 6.80. The molecule has 0 radical (unpaired) electrons. The van der Waals surface area contributed by atoms with Crippen LogP contribution in [0, 0.1) is 13.8 Å². The maximum atomic E-state index is 12.9. The van der Waals surface area contributed by atoms with E-state index in [2.05, 4.69) is 25.3 Å². The van der Waals surface area contributed by atoms with Gasteiger partial charge in [-0.3, -0.25) is 9.36 Å². The molecular formula is C19H19N7O2S. The fourth-order valence-electron chi connectivity index (χ4n) is 2.97. The van der Waals surface area contributed by atoms with Crippen molar-refractivity contribution in [2.75, 3.05) is 18.2 Å². The molecule has 0 aliphatic carbocycles. The van der Waals surface area contributed by atoms with E-state index >= 15 is 0 Å². The molecule has 0 spiro atoms. The van der Waals surface area contributed by atoms with Crippen molar-refractivity contribution in [3.05, 3.63) is 57.2 Å². The third-order valence-corrected chi connectivity index (χ3v) is 5.64. The zero-order chi connectivity index (χ0) is 20.5. The molecule has 10 heteroatoms. The third kappa shape index (κ3) is 3.61. The molecule has 148 valence electrons. The normalized spacial score (nSPS) is 11.0. The zero-order valence-corrected chi connectivity index (χ0v) is 16.9. The molecule has 9 nitrogen and oxygen atoms in total. The highest BCUT2D eigenvalue weighted by atomic mass is 32.1. The van der Waals surface area contributed by atoms with E-state index < -0.39 is 0 Å². The lowest BCUT2D eigenvalue weighted by molar-refractivity contribution is 0.417. The van der Waals surface area contributed by atoms with Crippen LogP contribution in [0.15, 0.2) is 35.4 Å². The Balaban J connectivity index is 1.68. The number of anilines is 3. The van der Waals surface area contributed by atoms with Crippen molar-refractivity contribution in [2.45, 2.75) is 20.4 Å². The first kappa shape index (κ1) is 18.8. The molecule has 0 amide bonds.